The van der Waals surface area contributed by atoms with Gasteiger partial charge in [0.15, 0.2) is 0 Å². The van der Waals surface area contributed by atoms with Crippen LogP contribution >= 0.6 is 0 Å². The fourth-order valence-electron chi connectivity index (χ4n) is 0.816. The smallest absolute Gasteiger partial charge is 0.0302 e. The van der Waals surface area contributed by atoms with E-state index in [0.717, 1.165) is 11.1 Å². The van der Waals surface area contributed by atoms with Crippen molar-refractivity contribution in [2.75, 3.05) is 7.05 Å². The lowest BCUT2D eigenvalue weighted by Gasteiger charge is -1.85. The molecule has 0 saturated heterocycles. The molecule has 1 N–H and O–H groups in total. The number of nitrogens with one attached hydrogen (secondary N) is 1. The van der Waals surface area contributed by atoms with Crippen molar-refractivity contribution in [3.8, 4) is 0 Å². The molecule has 0 amide bonds. The van der Waals surface area contributed by atoms with E-state index in [9.17, 15) is 0 Å². The van der Waals surface area contributed by atoms with Gasteiger partial charge in [-0.1, -0.05) is 12.7 Å². The molecule has 0 bridgehead atoms. The van der Waals surface area contributed by atoms with Gasteiger partial charge in [-0.3, -0.25) is 4.99 Å². The minimum atomic E-state index is 1.08. The van der Waals surface area contributed by atoms with Crippen LogP contribution in [-0.2, 0) is 0 Å². The monoisotopic (exact) mass is 134 g/mol. The first-order valence-electron chi connectivity index (χ1n) is 3.10. The quantitative estimate of drug-likeness (QED) is 0.596. The van der Waals surface area contributed by atoms with Crippen LogP contribution in [0.25, 0.3) is 6.08 Å². The molecule has 0 aliphatic carbocycles. The molecule has 1 heterocycles. The van der Waals surface area contributed by atoms with Gasteiger partial charge in [0.05, 0.1) is 0 Å². The number of aliphatic imine (C=N–C) groups is 1. The van der Waals surface area contributed by atoms with Crippen molar-refractivity contribution < 1.29 is 0 Å². The van der Waals surface area contributed by atoms with Crippen LogP contribution in [0.4, 0.5) is 0 Å². The second kappa shape index (κ2) is 3.01. The zero-order valence-corrected chi connectivity index (χ0v) is 5.96. The first-order valence-corrected chi connectivity index (χ1v) is 3.10. The second-order valence-corrected chi connectivity index (χ2v) is 1.96. The van der Waals surface area contributed by atoms with Crippen LogP contribution < -0.4 is 0 Å². The van der Waals surface area contributed by atoms with Crippen molar-refractivity contribution in [1.82, 2.24) is 4.98 Å². The number of rotatable bonds is 2. The van der Waals surface area contributed by atoms with Gasteiger partial charge in [0.1, 0.15) is 0 Å². The van der Waals surface area contributed by atoms with Gasteiger partial charge in [-0.2, -0.15) is 0 Å². The Kier molecular flexibility index (Phi) is 2.05. The molecule has 2 nitrogen and oxygen atoms in total. The van der Waals surface area contributed by atoms with E-state index in [4.69, 9.17) is 0 Å². The highest BCUT2D eigenvalue weighted by molar-refractivity contribution is 5.84. The third-order valence-electron chi connectivity index (χ3n) is 1.30. The van der Waals surface area contributed by atoms with Crippen molar-refractivity contribution in [3.63, 3.8) is 0 Å². The van der Waals surface area contributed by atoms with Crippen molar-refractivity contribution in [2.45, 2.75) is 0 Å². The van der Waals surface area contributed by atoms with Crippen molar-refractivity contribution in [2.24, 2.45) is 4.99 Å². The average molecular weight is 134 g/mol. The van der Waals surface area contributed by atoms with Crippen LogP contribution in [0.15, 0.2) is 24.0 Å². The van der Waals surface area contributed by atoms with Crippen molar-refractivity contribution in [1.29, 1.82) is 0 Å². The van der Waals surface area contributed by atoms with E-state index in [-0.39, 0.29) is 0 Å². The third kappa shape index (κ3) is 1.16. The summed E-state index contributed by atoms with van der Waals surface area (Å²) in [6, 6.07) is 0. The highest BCUT2D eigenvalue weighted by Gasteiger charge is 1.93. The van der Waals surface area contributed by atoms with E-state index in [0.29, 0.717) is 0 Å². The summed E-state index contributed by atoms with van der Waals surface area (Å²) < 4.78 is 0. The Morgan fingerprint density at radius 1 is 1.50 bits per heavy atom. The SMILES string of the molecule is C=Cc1c[nH]cc1/C=N\C. The molecule has 1 aromatic heterocycles. The topological polar surface area (TPSA) is 28.1 Å². The van der Waals surface area contributed by atoms with E-state index >= 15 is 0 Å². The molecular weight excluding hydrogens is 124 g/mol. The number of nitrogens with zero attached hydrogens (tertiary/aromatic N) is 1. The first kappa shape index (κ1) is 6.81. The van der Waals surface area contributed by atoms with E-state index < -0.39 is 0 Å². The van der Waals surface area contributed by atoms with E-state index in [1.807, 2.05) is 12.4 Å². The third-order valence-corrected chi connectivity index (χ3v) is 1.30. The molecule has 10 heavy (non-hydrogen) atoms. The summed E-state index contributed by atoms with van der Waals surface area (Å²) >= 11 is 0. The van der Waals surface area contributed by atoms with E-state index in [1.165, 1.54) is 0 Å². The van der Waals surface area contributed by atoms with Crippen LogP contribution in [-0.4, -0.2) is 18.2 Å². The van der Waals surface area contributed by atoms with Crippen LogP contribution in [0.3, 0.4) is 0 Å². The standard InChI is InChI=1S/C8H10N2/c1-3-7-5-10-6-8(7)4-9-2/h3-6,10H,1H2,2H3/b9-4-. The van der Waals surface area contributed by atoms with E-state index in [1.54, 1.807) is 19.3 Å². The van der Waals surface area contributed by atoms with Crippen LogP contribution in [0.5, 0.6) is 0 Å². The van der Waals surface area contributed by atoms with Gasteiger partial charge >= 0.3 is 0 Å². The predicted molar refractivity (Wildman–Crippen MR) is 44.4 cm³/mol. The summed E-state index contributed by atoms with van der Waals surface area (Å²) in [6.07, 6.45) is 7.38. The molecule has 0 saturated carbocycles. The van der Waals surface area contributed by atoms with Gasteiger partial charge in [-0.25, -0.2) is 0 Å². The van der Waals surface area contributed by atoms with Gasteiger partial charge in [0.25, 0.3) is 0 Å². The number of aromatic nitrogens is 1. The lowest BCUT2D eigenvalue weighted by atomic mass is 10.2. The Morgan fingerprint density at radius 2 is 2.20 bits per heavy atom. The van der Waals surface area contributed by atoms with Crippen LogP contribution in [0, 0.1) is 0 Å². The van der Waals surface area contributed by atoms with Gasteiger partial charge in [-0.15, -0.1) is 0 Å². The molecule has 0 aliphatic heterocycles. The fraction of sp³-hybridized carbons (Fsp3) is 0.125. The summed E-state index contributed by atoms with van der Waals surface area (Å²) in [7, 11) is 1.75. The molecule has 1 aromatic rings. The Balaban J connectivity index is 3.00. The summed E-state index contributed by atoms with van der Waals surface area (Å²) in [6.45, 7) is 3.66. The lowest BCUT2D eigenvalue weighted by Crippen LogP contribution is -1.77. The zero-order chi connectivity index (χ0) is 7.40. The molecule has 0 radical (unpaired) electrons. The first-order chi connectivity index (χ1) is 4.88. The van der Waals surface area contributed by atoms with Gasteiger partial charge in [0.2, 0.25) is 0 Å². The molecule has 52 valence electrons. The minimum absolute atomic E-state index is 1.08. The summed E-state index contributed by atoms with van der Waals surface area (Å²) in [5.41, 5.74) is 2.17. The highest BCUT2D eigenvalue weighted by Crippen LogP contribution is 2.05. The molecule has 0 aliphatic rings. The van der Waals surface area contributed by atoms with Crippen LogP contribution in [0.1, 0.15) is 11.1 Å². The van der Waals surface area contributed by atoms with Gasteiger partial charge in [0, 0.05) is 36.8 Å². The largest absolute Gasteiger partial charge is 0.366 e. The highest BCUT2D eigenvalue weighted by atomic mass is 14.7. The molecular formula is C8H10N2. The molecule has 2 heteroatoms. The van der Waals surface area contributed by atoms with Crippen molar-refractivity contribution >= 4 is 12.3 Å². The van der Waals surface area contributed by atoms with Gasteiger partial charge < -0.3 is 4.98 Å². The molecule has 0 spiro atoms. The summed E-state index contributed by atoms with van der Waals surface area (Å²) in [5, 5.41) is 0. The normalized spacial score (nSPS) is 10.5. The van der Waals surface area contributed by atoms with Gasteiger partial charge in [-0.05, 0) is 0 Å². The Hall–Kier alpha value is -1.31. The molecule has 1 rings (SSSR count). The Bertz CT molecular complexity index is 246. The molecule has 0 aromatic carbocycles. The average Bonchev–Trinajstić information content (AvgIpc) is 2.36. The summed E-state index contributed by atoms with van der Waals surface area (Å²) in [5.74, 6) is 0. The predicted octanol–water partition coefficient (Wildman–Crippen LogP) is 1.71. The minimum Gasteiger partial charge on any atom is -0.366 e. The van der Waals surface area contributed by atoms with Crippen LogP contribution in [0.2, 0.25) is 0 Å². The van der Waals surface area contributed by atoms with Crippen molar-refractivity contribution in [3.05, 3.63) is 30.1 Å². The molecule has 0 unspecified atom stereocenters. The maximum atomic E-state index is 3.89. The number of hydrogen-bond donors (Lipinski definition) is 1. The number of hydrogen-bond acceptors (Lipinski definition) is 1. The second-order valence-electron chi connectivity index (χ2n) is 1.96. The number of aromatic amines is 1. The summed E-state index contributed by atoms with van der Waals surface area (Å²) in [4.78, 5) is 6.87. The zero-order valence-electron chi connectivity index (χ0n) is 5.96. The molecule has 0 fully saturated rings. The Labute approximate surface area is 60.3 Å². The lowest BCUT2D eigenvalue weighted by molar-refractivity contribution is 1.41. The maximum absolute atomic E-state index is 3.89. The van der Waals surface area contributed by atoms with E-state index in [2.05, 4.69) is 16.6 Å². The number of H-pyrrole nitrogens is 1. The fourth-order valence-corrected chi connectivity index (χ4v) is 0.816. The Morgan fingerprint density at radius 3 is 2.80 bits per heavy atom. The maximum Gasteiger partial charge on any atom is 0.0302 e. The molecule has 0 atom stereocenters.